The molecule has 2 rings (SSSR count). The molecule has 0 aliphatic heterocycles. The van der Waals surface area contributed by atoms with Crippen molar-refractivity contribution in [3.8, 4) is 5.75 Å². The molecule has 1 unspecified atom stereocenters. The van der Waals surface area contributed by atoms with Gasteiger partial charge in [0.05, 0.1) is 6.10 Å². The van der Waals surface area contributed by atoms with Gasteiger partial charge in [-0.25, -0.2) is 9.18 Å². The molecule has 1 aromatic carbocycles. The van der Waals surface area contributed by atoms with Gasteiger partial charge in [-0.05, 0) is 24.5 Å². The number of aliphatic hydroxyl groups is 1. The number of hydrogen-bond donors (Lipinski definition) is 2. The van der Waals surface area contributed by atoms with Gasteiger partial charge in [-0.15, -0.1) is 0 Å². The number of carbonyl (C=O) groups is 1. The Bertz CT molecular complexity index is 469. The molecule has 1 aromatic rings. The maximum absolute atomic E-state index is 13.1. The van der Waals surface area contributed by atoms with Gasteiger partial charge in [-0.2, -0.15) is 0 Å². The van der Waals surface area contributed by atoms with Gasteiger partial charge < -0.3 is 14.9 Å². The third-order valence-corrected chi connectivity index (χ3v) is 3.69. The quantitative estimate of drug-likeness (QED) is 0.842. The van der Waals surface area contributed by atoms with Gasteiger partial charge in [-0.3, -0.25) is 0 Å². The second-order valence-corrected chi connectivity index (χ2v) is 5.30. The molecule has 0 heterocycles. The molecule has 0 amide bonds. The lowest BCUT2D eigenvalue weighted by Crippen LogP contribution is -2.21. The third kappa shape index (κ3) is 3.93. The summed E-state index contributed by atoms with van der Waals surface area (Å²) >= 11 is 0. The number of aromatic carboxylic acids is 1. The summed E-state index contributed by atoms with van der Waals surface area (Å²) in [7, 11) is 0. The van der Waals surface area contributed by atoms with Crippen molar-refractivity contribution in [2.24, 2.45) is 5.92 Å². The van der Waals surface area contributed by atoms with E-state index in [1.807, 2.05) is 0 Å². The molecule has 0 bridgehead atoms. The monoisotopic (exact) mass is 282 g/mol. The first kappa shape index (κ1) is 14.8. The van der Waals surface area contributed by atoms with E-state index in [4.69, 9.17) is 9.84 Å². The molecular formula is C15H19FO4. The molecule has 5 heteroatoms. The molecule has 0 radical (unpaired) electrons. The summed E-state index contributed by atoms with van der Waals surface area (Å²) in [5, 5.41) is 18.9. The van der Waals surface area contributed by atoms with Crippen LogP contribution in [0.5, 0.6) is 5.75 Å². The van der Waals surface area contributed by atoms with E-state index in [9.17, 15) is 14.3 Å². The average molecular weight is 282 g/mol. The lowest BCUT2D eigenvalue weighted by atomic mass is 10.0. The Morgan fingerprint density at radius 1 is 1.40 bits per heavy atom. The van der Waals surface area contributed by atoms with Crippen LogP contribution in [-0.2, 0) is 0 Å². The molecule has 0 spiro atoms. The SMILES string of the molecule is O=C(O)c1ccc(F)cc1OCC(O)CC1CCCC1. The van der Waals surface area contributed by atoms with Gasteiger partial charge >= 0.3 is 5.97 Å². The van der Waals surface area contributed by atoms with Crippen molar-refractivity contribution < 1.29 is 24.1 Å². The Hall–Kier alpha value is -1.62. The van der Waals surface area contributed by atoms with E-state index >= 15 is 0 Å². The van der Waals surface area contributed by atoms with Crippen LogP contribution in [0.15, 0.2) is 18.2 Å². The van der Waals surface area contributed by atoms with Crippen molar-refractivity contribution in [3.63, 3.8) is 0 Å². The largest absolute Gasteiger partial charge is 0.490 e. The van der Waals surface area contributed by atoms with Crippen LogP contribution in [0.2, 0.25) is 0 Å². The molecule has 1 aliphatic carbocycles. The van der Waals surface area contributed by atoms with Crippen molar-refractivity contribution in [1.29, 1.82) is 0 Å². The Morgan fingerprint density at radius 2 is 2.10 bits per heavy atom. The fourth-order valence-corrected chi connectivity index (χ4v) is 2.68. The Morgan fingerprint density at radius 3 is 2.75 bits per heavy atom. The predicted octanol–water partition coefficient (Wildman–Crippen LogP) is 2.84. The van der Waals surface area contributed by atoms with Crippen LogP contribution in [0.3, 0.4) is 0 Å². The lowest BCUT2D eigenvalue weighted by molar-refractivity contribution is 0.0671. The maximum Gasteiger partial charge on any atom is 0.339 e. The second kappa shape index (κ2) is 6.70. The first-order chi connectivity index (χ1) is 9.56. The number of hydrogen-bond acceptors (Lipinski definition) is 3. The fraction of sp³-hybridized carbons (Fsp3) is 0.533. The standard InChI is InChI=1S/C15H19FO4/c16-11-5-6-13(15(18)19)14(8-11)20-9-12(17)7-10-3-1-2-4-10/h5-6,8,10,12,17H,1-4,7,9H2,(H,18,19). The summed E-state index contributed by atoms with van der Waals surface area (Å²) in [6, 6.07) is 3.27. The Kier molecular flexibility index (Phi) is 4.95. The molecule has 20 heavy (non-hydrogen) atoms. The molecule has 1 atom stereocenters. The number of benzene rings is 1. The van der Waals surface area contributed by atoms with Crippen molar-refractivity contribution in [3.05, 3.63) is 29.6 Å². The maximum atomic E-state index is 13.1. The summed E-state index contributed by atoms with van der Waals surface area (Å²) in [6.45, 7) is -0.0137. The van der Waals surface area contributed by atoms with Crippen LogP contribution < -0.4 is 4.74 Å². The van der Waals surface area contributed by atoms with E-state index < -0.39 is 17.9 Å². The first-order valence-electron chi connectivity index (χ1n) is 6.90. The highest BCUT2D eigenvalue weighted by Gasteiger charge is 2.20. The van der Waals surface area contributed by atoms with Crippen LogP contribution in [-0.4, -0.2) is 28.9 Å². The van der Waals surface area contributed by atoms with E-state index in [0.717, 1.165) is 31.0 Å². The number of aliphatic hydroxyl groups excluding tert-OH is 1. The van der Waals surface area contributed by atoms with E-state index in [1.54, 1.807) is 0 Å². The highest BCUT2D eigenvalue weighted by molar-refractivity contribution is 5.90. The molecule has 0 saturated heterocycles. The van der Waals surface area contributed by atoms with Crippen LogP contribution in [0.1, 0.15) is 42.5 Å². The summed E-state index contributed by atoms with van der Waals surface area (Å²) in [5.74, 6) is -1.26. The predicted molar refractivity (Wildman–Crippen MR) is 71.4 cm³/mol. The highest BCUT2D eigenvalue weighted by atomic mass is 19.1. The van der Waals surface area contributed by atoms with Crippen LogP contribution in [0, 0.1) is 11.7 Å². The van der Waals surface area contributed by atoms with Gasteiger partial charge in [0.15, 0.2) is 0 Å². The van der Waals surface area contributed by atoms with Gasteiger partial charge in [-0.1, -0.05) is 25.7 Å². The summed E-state index contributed by atoms with van der Waals surface area (Å²) in [6.07, 6.45) is 4.64. The lowest BCUT2D eigenvalue weighted by Gasteiger charge is -2.17. The molecule has 2 N–H and O–H groups in total. The zero-order valence-corrected chi connectivity index (χ0v) is 11.2. The van der Waals surface area contributed by atoms with Crippen LogP contribution >= 0.6 is 0 Å². The minimum absolute atomic E-state index is 0.0137. The van der Waals surface area contributed by atoms with Gasteiger partial charge in [0.2, 0.25) is 0 Å². The summed E-state index contributed by atoms with van der Waals surface area (Å²) in [5.41, 5.74) is -0.0977. The molecule has 1 saturated carbocycles. The first-order valence-corrected chi connectivity index (χ1v) is 6.90. The molecule has 1 aliphatic rings. The van der Waals surface area contributed by atoms with Crippen molar-refractivity contribution in [2.45, 2.75) is 38.2 Å². The molecule has 4 nitrogen and oxygen atoms in total. The molecule has 0 aromatic heterocycles. The minimum atomic E-state index is -1.18. The van der Waals surface area contributed by atoms with Crippen molar-refractivity contribution in [2.75, 3.05) is 6.61 Å². The molecule has 1 fully saturated rings. The second-order valence-electron chi connectivity index (χ2n) is 5.30. The summed E-state index contributed by atoms with van der Waals surface area (Å²) in [4.78, 5) is 11.0. The third-order valence-electron chi connectivity index (χ3n) is 3.69. The van der Waals surface area contributed by atoms with Crippen LogP contribution in [0.25, 0.3) is 0 Å². The van der Waals surface area contributed by atoms with E-state index in [1.165, 1.54) is 12.8 Å². The molecule has 110 valence electrons. The molecular weight excluding hydrogens is 263 g/mol. The topological polar surface area (TPSA) is 66.8 Å². The van der Waals surface area contributed by atoms with Crippen molar-refractivity contribution >= 4 is 5.97 Å². The summed E-state index contributed by atoms with van der Waals surface area (Å²) < 4.78 is 18.4. The Labute approximate surface area is 117 Å². The smallest absolute Gasteiger partial charge is 0.339 e. The van der Waals surface area contributed by atoms with Gasteiger partial charge in [0.25, 0.3) is 0 Å². The normalized spacial score (nSPS) is 17.1. The van der Waals surface area contributed by atoms with Crippen molar-refractivity contribution in [1.82, 2.24) is 0 Å². The highest BCUT2D eigenvalue weighted by Crippen LogP contribution is 2.29. The van der Waals surface area contributed by atoms with E-state index in [2.05, 4.69) is 0 Å². The number of rotatable bonds is 6. The number of carboxylic acid groups (broad SMARTS) is 1. The number of ether oxygens (including phenoxy) is 1. The van der Waals surface area contributed by atoms with Gasteiger partial charge in [0.1, 0.15) is 23.7 Å². The fourth-order valence-electron chi connectivity index (χ4n) is 2.68. The zero-order chi connectivity index (χ0) is 14.5. The van der Waals surface area contributed by atoms with E-state index in [-0.39, 0.29) is 17.9 Å². The van der Waals surface area contributed by atoms with Gasteiger partial charge in [0, 0.05) is 6.07 Å². The van der Waals surface area contributed by atoms with E-state index in [0.29, 0.717) is 12.3 Å². The van der Waals surface area contributed by atoms with Crippen LogP contribution in [0.4, 0.5) is 4.39 Å². The number of carboxylic acids is 1. The zero-order valence-electron chi connectivity index (χ0n) is 11.2. The Balaban J connectivity index is 1.92. The average Bonchev–Trinajstić information content (AvgIpc) is 2.89. The minimum Gasteiger partial charge on any atom is -0.490 e. The number of halogens is 1.